The third kappa shape index (κ3) is 3.42. The number of amides is 1. The average molecular weight is 270 g/mol. The van der Waals surface area contributed by atoms with Gasteiger partial charge in [0.05, 0.1) is 13.7 Å². The van der Waals surface area contributed by atoms with E-state index in [0.29, 0.717) is 18.7 Å². The van der Waals surface area contributed by atoms with Crippen LogP contribution in [0.1, 0.15) is 12.5 Å². The highest BCUT2D eigenvalue weighted by molar-refractivity contribution is 5.85. The molecule has 0 heterocycles. The lowest BCUT2D eigenvalue weighted by molar-refractivity contribution is -0.124. The summed E-state index contributed by atoms with van der Waals surface area (Å²) in [7, 11) is 2.93. The van der Waals surface area contributed by atoms with Crippen molar-refractivity contribution in [2.75, 3.05) is 27.4 Å². The van der Waals surface area contributed by atoms with Crippen molar-refractivity contribution in [2.45, 2.75) is 12.5 Å². The molecule has 1 rings (SSSR count). The van der Waals surface area contributed by atoms with E-state index in [1.54, 1.807) is 20.1 Å². The molecular weight excluding hydrogens is 251 g/mol. The van der Waals surface area contributed by atoms with Gasteiger partial charge >= 0.3 is 0 Å². The van der Waals surface area contributed by atoms with E-state index in [1.165, 1.54) is 19.2 Å². The van der Waals surface area contributed by atoms with Gasteiger partial charge in [-0.05, 0) is 24.6 Å². The van der Waals surface area contributed by atoms with E-state index in [2.05, 4.69) is 5.32 Å². The van der Waals surface area contributed by atoms with E-state index in [4.69, 9.17) is 15.2 Å². The lowest BCUT2D eigenvalue weighted by atomic mass is 9.91. The highest BCUT2D eigenvalue weighted by atomic mass is 19.1. The third-order valence-electron chi connectivity index (χ3n) is 3.01. The number of nitrogens with two attached hydrogens (primary N) is 1. The predicted octanol–water partition coefficient (Wildman–Crippen LogP) is 0.771. The molecule has 0 aliphatic rings. The van der Waals surface area contributed by atoms with Crippen LogP contribution >= 0.6 is 0 Å². The third-order valence-corrected chi connectivity index (χ3v) is 3.01. The van der Waals surface area contributed by atoms with E-state index >= 15 is 0 Å². The monoisotopic (exact) mass is 270 g/mol. The lowest BCUT2D eigenvalue weighted by Gasteiger charge is -2.28. The SMILES string of the molecule is COCCNC(C)(C(N)=O)c1ccc(OC)c(F)c1. The molecule has 19 heavy (non-hydrogen) atoms. The smallest absolute Gasteiger partial charge is 0.242 e. The number of carbonyl (C=O) groups is 1. The number of halogens is 1. The second-order valence-electron chi connectivity index (χ2n) is 4.26. The van der Waals surface area contributed by atoms with Gasteiger partial charge in [0.2, 0.25) is 5.91 Å². The largest absolute Gasteiger partial charge is 0.494 e. The van der Waals surface area contributed by atoms with Gasteiger partial charge in [0.25, 0.3) is 0 Å². The molecule has 1 unspecified atom stereocenters. The molecule has 0 radical (unpaired) electrons. The zero-order chi connectivity index (χ0) is 14.5. The molecular formula is C13H19FN2O3. The normalized spacial score (nSPS) is 13.9. The summed E-state index contributed by atoms with van der Waals surface area (Å²) in [6, 6.07) is 4.31. The zero-order valence-corrected chi connectivity index (χ0v) is 11.3. The van der Waals surface area contributed by atoms with E-state index in [0.717, 1.165) is 0 Å². The highest BCUT2D eigenvalue weighted by Gasteiger charge is 2.33. The molecule has 1 amide bonds. The van der Waals surface area contributed by atoms with Gasteiger partial charge < -0.3 is 15.2 Å². The second-order valence-corrected chi connectivity index (χ2v) is 4.26. The fraction of sp³-hybridized carbons (Fsp3) is 0.462. The Hall–Kier alpha value is -1.66. The topological polar surface area (TPSA) is 73.6 Å². The van der Waals surface area contributed by atoms with Crippen LogP contribution in [0.5, 0.6) is 5.75 Å². The Kier molecular flexibility index (Phi) is 5.26. The number of methoxy groups -OCH3 is 2. The van der Waals surface area contributed by atoms with Crippen molar-refractivity contribution in [3.05, 3.63) is 29.6 Å². The van der Waals surface area contributed by atoms with Crippen molar-refractivity contribution in [3.8, 4) is 5.75 Å². The number of nitrogens with one attached hydrogen (secondary N) is 1. The van der Waals surface area contributed by atoms with Crippen LogP contribution in [0.2, 0.25) is 0 Å². The van der Waals surface area contributed by atoms with Gasteiger partial charge in [-0.15, -0.1) is 0 Å². The fourth-order valence-corrected chi connectivity index (χ4v) is 1.71. The van der Waals surface area contributed by atoms with Gasteiger partial charge in [0.1, 0.15) is 5.54 Å². The summed E-state index contributed by atoms with van der Waals surface area (Å²) in [4.78, 5) is 11.6. The standard InChI is InChI=1S/C13H19FN2O3/c1-13(12(15)17,16-6-7-18-2)9-4-5-11(19-3)10(14)8-9/h4-5,8,16H,6-7H2,1-3H3,(H2,15,17). The first-order valence-corrected chi connectivity index (χ1v) is 5.83. The number of rotatable bonds is 7. The van der Waals surface area contributed by atoms with Gasteiger partial charge in [-0.1, -0.05) is 6.07 Å². The van der Waals surface area contributed by atoms with Crippen LogP contribution in [-0.2, 0) is 15.1 Å². The molecule has 0 spiro atoms. The minimum atomic E-state index is -1.16. The first kappa shape index (κ1) is 15.4. The van der Waals surface area contributed by atoms with Crippen LogP contribution in [0.15, 0.2) is 18.2 Å². The molecule has 106 valence electrons. The van der Waals surface area contributed by atoms with Crippen molar-refractivity contribution < 1.29 is 18.7 Å². The van der Waals surface area contributed by atoms with E-state index in [1.807, 2.05) is 0 Å². The van der Waals surface area contributed by atoms with E-state index in [-0.39, 0.29) is 5.75 Å². The minimum absolute atomic E-state index is 0.118. The van der Waals surface area contributed by atoms with Crippen LogP contribution in [-0.4, -0.2) is 33.3 Å². The zero-order valence-electron chi connectivity index (χ0n) is 11.3. The van der Waals surface area contributed by atoms with Crippen LogP contribution in [0.3, 0.4) is 0 Å². The second kappa shape index (κ2) is 6.49. The predicted molar refractivity (Wildman–Crippen MR) is 69.4 cm³/mol. The number of carbonyl (C=O) groups excluding carboxylic acids is 1. The van der Waals surface area contributed by atoms with Crippen molar-refractivity contribution in [1.82, 2.24) is 5.32 Å². The number of hydrogen-bond acceptors (Lipinski definition) is 4. The molecule has 0 saturated carbocycles. The van der Waals surface area contributed by atoms with Crippen LogP contribution < -0.4 is 15.8 Å². The lowest BCUT2D eigenvalue weighted by Crippen LogP contribution is -2.51. The molecule has 0 bridgehead atoms. The minimum Gasteiger partial charge on any atom is -0.494 e. The summed E-state index contributed by atoms with van der Waals surface area (Å²) < 4.78 is 23.4. The number of benzene rings is 1. The molecule has 1 aromatic carbocycles. The first-order valence-electron chi connectivity index (χ1n) is 5.83. The number of ether oxygens (including phenoxy) is 2. The fourth-order valence-electron chi connectivity index (χ4n) is 1.71. The Balaban J connectivity index is 3.04. The average Bonchev–Trinajstić information content (AvgIpc) is 2.38. The molecule has 6 heteroatoms. The van der Waals surface area contributed by atoms with Gasteiger partial charge in [0.15, 0.2) is 11.6 Å². The highest BCUT2D eigenvalue weighted by Crippen LogP contribution is 2.25. The molecule has 5 nitrogen and oxygen atoms in total. The summed E-state index contributed by atoms with van der Waals surface area (Å²) in [5, 5.41) is 2.97. The maximum Gasteiger partial charge on any atom is 0.242 e. The maximum atomic E-state index is 13.7. The summed E-state index contributed by atoms with van der Waals surface area (Å²) in [6.07, 6.45) is 0. The summed E-state index contributed by atoms with van der Waals surface area (Å²) in [5.74, 6) is -1.01. The molecule has 0 aliphatic carbocycles. The van der Waals surface area contributed by atoms with Crippen LogP contribution in [0.4, 0.5) is 4.39 Å². The Morgan fingerprint density at radius 1 is 1.47 bits per heavy atom. The van der Waals surface area contributed by atoms with Gasteiger partial charge in [-0.2, -0.15) is 0 Å². The van der Waals surface area contributed by atoms with E-state index in [9.17, 15) is 9.18 Å². The van der Waals surface area contributed by atoms with Crippen LogP contribution in [0, 0.1) is 5.82 Å². The Morgan fingerprint density at radius 2 is 2.16 bits per heavy atom. The quantitative estimate of drug-likeness (QED) is 0.718. The molecule has 1 atom stereocenters. The Morgan fingerprint density at radius 3 is 2.63 bits per heavy atom. The first-order chi connectivity index (χ1) is 8.95. The van der Waals surface area contributed by atoms with E-state index < -0.39 is 17.3 Å². The Labute approximate surface area is 111 Å². The van der Waals surface area contributed by atoms with Crippen LogP contribution in [0.25, 0.3) is 0 Å². The van der Waals surface area contributed by atoms with Crippen molar-refractivity contribution in [3.63, 3.8) is 0 Å². The van der Waals surface area contributed by atoms with Gasteiger partial charge in [0, 0.05) is 13.7 Å². The maximum absolute atomic E-state index is 13.7. The summed E-state index contributed by atoms with van der Waals surface area (Å²) in [5.41, 5.74) is 4.69. The molecule has 0 aliphatic heterocycles. The molecule has 0 fully saturated rings. The molecule has 3 N–H and O–H groups in total. The van der Waals surface area contributed by atoms with Crippen molar-refractivity contribution >= 4 is 5.91 Å². The molecule has 0 saturated heterocycles. The van der Waals surface area contributed by atoms with Gasteiger partial charge in [-0.25, -0.2) is 4.39 Å². The van der Waals surface area contributed by atoms with Gasteiger partial charge in [-0.3, -0.25) is 10.1 Å². The van der Waals surface area contributed by atoms with Crippen molar-refractivity contribution in [1.29, 1.82) is 0 Å². The molecule has 1 aromatic rings. The number of hydrogen-bond donors (Lipinski definition) is 2. The summed E-state index contributed by atoms with van der Waals surface area (Å²) in [6.45, 7) is 2.44. The number of primary amides is 1. The van der Waals surface area contributed by atoms with Crippen molar-refractivity contribution in [2.24, 2.45) is 5.73 Å². The Bertz CT molecular complexity index is 454. The summed E-state index contributed by atoms with van der Waals surface area (Å²) >= 11 is 0. The molecule has 0 aromatic heterocycles.